The molecule has 5 heteroatoms. The number of anilines is 6. The molecule has 0 unspecified atom stereocenters. The molecule has 13 rings (SSSR count). The molecule has 0 saturated carbocycles. The van der Waals surface area contributed by atoms with E-state index < -0.39 is 0 Å². The smallest absolute Gasteiger partial charge is 0.252 e. The first-order valence-electron chi connectivity index (χ1n) is 20.4. The minimum absolute atomic E-state index is 0.0359. The van der Waals surface area contributed by atoms with Crippen LogP contribution in [-0.4, -0.2) is 15.8 Å². The Morgan fingerprint density at radius 2 is 0.932 bits per heavy atom. The maximum absolute atomic E-state index is 2.63. The Labute approximate surface area is 342 Å². The zero-order chi connectivity index (χ0) is 38.6. The lowest BCUT2D eigenvalue weighted by molar-refractivity contribution is 1.16. The summed E-state index contributed by atoms with van der Waals surface area (Å²) in [6, 6.07) is 77.8. The van der Waals surface area contributed by atoms with Crippen LogP contribution < -0.4 is 26.2 Å². The molecule has 2 aliphatic rings. The average molecular weight is 751 g/mol. The molecule has 0 N–H and O–H groups in total. The van der Waals surface area contributed by atoms with Gasteiger partial charge in [-0.25, -0.2) is 0 Å². The van der Waals surface area contributed by atoms with Crippen molar-refractivity contribution >= 4 is 101 Å². The number of fused-ring (bicyclic) bond motifs is 11. The Kier molecular flexibility index (Phi) is 6.78. The monoisotopic (exact) mass is 750 g/mol. The summed E-state index contributed by atoms with van der Waals surface area (Å²) in [4.78, 5) is 4.91. The second-order valence-corrected chi connectivity index (χ2v) is 15.7. The van der Waals surface area contributed by atoms with E-state index in [4.69, 9.17) is 0 Å². The summed E-state index contributed by atoms with van der Waals surface area (Å²) in [5.74, 6) is 0. The van der Waals surface area contributed by atoms with E-state index in [9.17, 15) is 0 Å². The molecule has 0 atom stereocenters. The summed E-state index contributed by atoms with van der Waals surface area (Å²) >= 11 is 0. The second kappa shape index (κ2) is 12.4. The highest BCUT2D eigenvalue weighted by molar-refractivity contribution is 7.00. The summed E-state index contributed by atoms with van der Waals surface area (Å²) in [6.07, 6.45) is 0. The van der Waals surface area contributed by atoms with Gasteiger partial charge in [-0.3, -0.25) is 0 Å². The lowest BCUT2D eigenvalue weighted by Gasteiger charge is -2.41. The lowest BCUT2D eigenvalue weighted by Crippen LogP contribution is -2.60. The van der Waals surface area contributed by atoms with Crippen LogP contribution in [0, 0.1) is 0 Å². The van der Waals surface area contributed by atoms with E-state index in [-0.39, 0.29) is 6.71 Å². The van der Waals surface area contributed by atoms with Gasteiger partial charge in [0.1, 0.15) is 0 Å². The fraction of sp³-hybridized carbons (Fsp3) is 0. The third kappa shape index (κ3) is 4.50. The standard InChI is InChI=1S/C54H35BN4/c1-5-18-36(19-6-1)56(37-20-7-2-8-21-37)40-34-49-52-50(35-40)59-53-41(27-17-29-45(53)55(52)44-28-14-16-31-47(44)58(49)39-24-11-4-12-25-39)42-32-33-48-51(54(42)59)43-26-13-15-30-46(43)57(48)38-22-9-3-10-23-38/h1-35H. The van der Waals surface area contributed by atoms with Crippen molar-refractivity contribution < 1.29 is 0 Å². The van der Waals surface area contributed by atoms with Crippen LogP contribution in [0.5, 0.6) is 0 Å². The average Bonchev–Trinajstić information content (AvgIpc) is 3.83. The Hall–Kier alpha value is -7.76. The van der Waals surface area contributed by atoms with Gasteiger partial charge in [0.15, 0.2) is 0 Å². The van der Waals surface area contributed by atoms with Gasteiger partial charge in [0, 0.05) is 66.9 Å². The molecule has 0 fully saturated rings. The third-order valence-electron chi connectivity index (χ3n) is 12.6. The summed E-state index contributed by atoms with van der Waals surface area (Å²) in [5.41, 5.74) is 18.1. The first-order chi connectivity index (χ1) is 29.3. The van der Waals surface area contributed by atoms with Crippen molar-refractivity contribution in [3.8, 4) is 11.4 Å². The number of hydrogen-bond acceptors (Lipinski definition) is 2. The van der Waals surface area contributed by atoms with Crippen LogP contribution in [0.2, 0.25) is 0 Å². The van der Waals surface area contributed by atoms with Gasteiger partial charge >= 0.3 is 0 Å². The summed E-state index contributed by atoms with van der Waals surface area (Å²) in [7, 11) is 0. The first-order valence-corrected chi connectivity index (χ1v) is 20.4. The second-order valence-electron chi connectivity index (χ2n) is 15.7. The van der Waals surface area contributed by atoms with E-state index >= 15 is 0 Å². The van der Waals surface area contributed by atoms with Crippen molar-refractivity contribution in [1.29, 1.82) is 0 Å². The zero-order valence-electron chi connectivity index (χ0n) is 32.1. The van der Waals surface area contributed by atoms with Crippen molar-refractivity contribution in [1.82, 2.24) is 9.13 Å². The molecular formula is C54H35BN4. The van der Waals surface area contributed by atoms with Crippen molar-refractivity contribution in [2.24, 2.45) is 0 Å². The summed E-state index contributed by atoms with van der Waals surface area (Å²) in [6.45, 7) is 0.0359. The Bertz CT molecular complexity index is 3410. The van der Waals surface area contributed by atoms with Crippen LogP contribution in [0.15, 0.2) is 212 Å². The van der Waals surface area contributed by atoms with Gasteiger partial charge in [-0.05, 0) is 95.3 Å². The summed E-state index contributed by atoms with van der Waals surface area (Å²) < 4.78 is 5.07. The van der Waals surface area contributed by atoms with Crippen molar-refractivity contribution in [2.45, 2.75) is 0 Å². The van der Waals surface area contributed by atoms with Gasteiger partial charge in [-0.2, -0.15) is 0 Å². The van der Waals surface area contributed by atoms with Crippen LogP contribution in [0.3, 0.4) is 0 Å². The van der Waals surface area contributed by atoms with Crippen LogP contribution in [-0.2, 0) is 0 Å². The highest BCUT2D eigenvalue weighted by atomic mass is 15.2. The molecule has 2 aromatic heterocycles. The van der Waals surface area contributed by atoms with Crippen LogP contribution >= 0.6 is 0 Å². The fourth-order valence-electron chi connectivity index (χ4n) is 10.4. The molecule has 0 spiro atoms. The molecular weight excluding hydrogens is 715 g/mol. The quantitative estimate of drug-likeness (QED) is 0.163. The Morgan fingerprint density at radius 3 is 1.68 bits per heavy atom. The lowest BCUT2D eigenvalue weighted by atomic mass is 9.34. The molecule has 0 saturated heterocycles. The van der Waals surface area contributed by atoms with Crippen LogP contribution in [0.4, 0.5) is 34.1 Å². The van der Waals surface area contributed by atoms with Crippen LogP contribution in [0.25, 0.3) is 55.0 Å². The van der Waals surface area contributed by atoms with E-state index in [1.54, 1.807) is 0 Å². The van der Waals surface area contributed by atoms with Gasteiger partial charge in [0.25, 0.3) is 6.71 Å². The molecule has 9 aromatic carbocycles. The number of benzene rings is 9. The highest BCUT2D eigenvalue weighted by Gasteiger charge is 2.43. The first kappa shape index (κ1) is 32.3. The van der Waals surface area contributed by atoms with Crippen molar-refractivity contribution in [3.05, 3.63) is 212 Å². The van der Waals surface area contributed by atoms with Gasteiger partial charge in [0.2, 0.25) is 0 Å². The molecule has 274 valence electrons. The van der Waals surface area contributed by atoms with E-state index in [1.807, 2.05) is 0 Å². The topological polar surface area (TPSA) is 16.3 Å². The fourth-order valence-corrected chi connectivity index (χ4v) is 10.4. The maximum Gasteiger partial charge on any atom is 0.252 e. The largest absolute Gasteiger partial charge is 0.311 e. The molecule has 0 radical (unpaired) electrons. The van der Waals surface area contributed by atoms with E-state index in [0.29, 0.717) is 0 Å². The number of hydrogen-bond donors (Lipinski definition) is 0. The summed E-state index contributed by atoms with van der Waals surface area (Å²) in [5, 5.41) is 5.05. The molecule has 59 heavy (non-hydrogen) atoms. The predicted molar refractivity (Wildman–Crippen MR) is 249 cm³/mol. The molecule has 4 nitrogen and oxygen atoms in total. The molecule has 0 amide bonds. The maximum atomic E-state index is 2.63. The Morgan fingerprint density at radius 1 is 0.356 bits per heavy atom. The molecule has 11 aromatic rings. The number of nitrogens with zero attached hydrogens (tertiary/aromatic N) is 4. The van der Waals surface area contributed by atoms with Gasteiger partial charge in [-0.15, -0.1) is 0 Å². The number of rotatable bonds is 5. The molecule has 0 bridgehead atoms. The van der Waals surface area contributed by atoms with E-state index in [2.05, 4.69) is 231 Å². The number of para-hydroxylation sites is 7. The molecule has 4 heterocycles. The van der Waals surface area contributed by atoms with Crippen molar-refractivity contribution in [3.63, 3.8) is 0 Å². The van der Waals surface area contributed by atoms with E-state index in [1.165, 1.54) is 77.1 Å². The highest BCUT2D eigenvalue weighted by Crippen LogP contribution is 2.47. The zero-order valence-corrected chi connectivity index (χ0v) is 32.1. The van der Waals surface area contributed by atoms with Gasteiger partial charge in [0.05, 0.1) is 22.2 Å². The SMILES string of the molecule is c1ccc(N(c2ccccc2)c2cc3c4c(c2)-n2c5c(cccc5c5ccc6c(c7ccccc7n6-c6ccccc6)c52)B4c2ccccc2N3c2ccccc2)cc1. The number of aromatic nitrogens is 2. The normalized spacial score (nSPS) is 12.7. The minimum atomic E-state index is 0.0359. The van der Waals surface area contributed by atoms with Gasteiger partial charge < -0.3 is 18.9 Å². The van der Waals surface area contributed by atoms with E-state index in [0.717, 1.165) is 28.4 Å². The van der Waals surface area contributed by atoms with Crippen LogP contribution in [0.1, 0.15) is 0 Å². The van der Waals surface area contributed by atoms with Gasteiger partial charge in [-0.1, -0.05) is 133 Å². The predicted octanol–water partition coefficient (Wildman–Crippen LogP) is 12.0. The molecule has 0 aliphatic carbocycles. The van der Waals surface area contributed by atoms with Crippen molar-refractivity contribution in [2.75, 3.05) is 9.80 Å². The Balaban J connectivity index is 1.23. The minimum Gasteiger partial charge on any atom is -0.311 e. The third-order valence-corrected chi connectivity index (χ3v) is 12.6. The molecule has 2 aliphatic heterocycles.